The molecule has 0 aliphatic rings. The predicted octanol–water partition coefficient (Wildman–Crippen LogP) is 5.68. The molecule has 0 bridgehead atoms. The molecule has 40 heavy (non-hydrogen) atoms. The maximum absolute atomic E-state index is 13.0. The van der Waals surface area contributed by atoms with E-state index in [1.165, 1.54) is 12.1 Å². The Labute approximate surface area is 228 Å². The van der Waals surface area contributed by atoms with Crippen LogP contribution in [0.2, 0.25) is 0 Å². The number of aromatic nitrogens is 1. The Kier molecular flexibility index (Phi) is 8.68. The second kappa shape index (κ2) is 12.3. The van der Waals surface area contributed by atoms with Crippen molar-refractivity contribution < 1.29 is 32.6 Å². The first-order chi connectivity index (χ1) is 19.1. The summed E-state index contributed by atoms with van der Waals surface area (Å²) >= 11 is 0. The Morgan fingerprint density at radius 3 is 2.23 bits per heavy atom. The number of benzene rings is 3. The lowest BCUT2D eigenvalue weighted by molar-refractivity contribution is -0.138. The fraction of sp³-hybridized carbons (Fsp3) is 0.167. The molecule has 7 nitrogen and oxygen atoms in total. The first kappa shape index (κ1) is 28.2. The summed E-state index contributed by atoms with van der Waals surface area (Å²) in [4.78, 5) is 24.6. The van der Waals surface area contributed by atoms with Gasteiger partial charge in [-0.25, -0.2) is 0 Å². The molecule has 0 saturated carbocycles. The summed E-state index contributed by atoms with van der Waals surface area (Å²) < 4.78 is 46.0. The highest BCUT2D eigenvalue weighted by Gasteiger charge is 2.30. The SMILES string of the molecule is N=c1ccccn1CCOc1cccc(C(=O)NC(CC(=O)O)c2ccc(-c3ccc(C(F)(F)F)cc3)cc2)c1. The average molecular weight is 550 g/mol. The summed E-state index contributed by atoms with van der Waals surface area (Å²) in [5.74, 6) is -1.15. The largest absolute Gasteiger partial charge is 0.492 e. The molecule has 1 heterocycles. The zero-order valence-corrected chi connectivity index (χ0v) is 21.2. The number of carbonyl (C=O) groups is 2. The lowest BCUT2D eigenvalue weighted by Gasteiger charge is -2.18. The lowest BCUT2D eigenvalue weighted by Crippen LogP contribution is -2.30. The monoisotopic (exact) mass is 549 g/mol. The van der Waals surface area contributed by atoms with Gasteiger partial charge in [0.1, 0.15) is 17.8 Å². The quantitative estimate of drug-likeness (QED) is 0.237. The van der Waals surface area contributed by atoms with Gasteiger partial charge >= 0.3 is 12.1 Å². The van der Waals surface area contributed by atoms with Crippen LogP contribution < -0.4 is 15.5 Å². The summed E-state index contributed by atoms with van der Waals surface area (Å²) in [6, 6.07) is 22.3. The number of hydrogen-bond acceptors (Lipinski definition) is 4. The number of halogens is 3. The molecule has 1 amide bonds. The molecule has 10 heteroatoms. The van der Waals surface area contributed by atoms with Crippen LogP contribution >= 0.6 is 0 Å². The van der Waals surface area contributed by atoms with Gasteiger partial charge in [0.15, 0.2) is 0 Å². The van der Waals surface area contributed by atoms with Gasteiger partial charge in [-0.1, -0.05) is 48.5 Å². The van der Waals surface area contributed by atoms with Crippen molar-refractivity contribution in [2.45, 2.75) is 25.2 Å². The normalized spacial score (nSPS) is 12.0. The van der Waals surface area contributed by atoms with E-state index in [9.17, 15) is 27.9 Å². The van der Waals surface area contributed by atoms with Gasteiger partial charge in [-0.15, -0.1) is 0 Å². The maximum atomic E-state index is 13.0. The summed E-state index contributed by atoms with van der Waals surface area (Å²) in [5.41, 5.74) is 1.63. The molecular formula is C30H26F3N3O4. The zero-order valence-electron chi connectivity index (χ0n) is 21.2. The number of nitrogens with one attached hydrogen (secondary N) is 2. The molecule has 0 radical (unpaired) electrons. The topological polar surface area (TPSA) is 104 Å². The van der Waals surface area contributed by atoms with Crippen LogP contribution in [-0.2, 0) is 17.5 Å². The van der Waals surface area contributed by atoms with Crippen LogP contribution in [-0.4, -0.2) is 28.2 Å². The minimum Gasteiger partial charge on any atom is -0.492 e. The summed E-state index contributed by atoms with van der Waals surface area (Å²) in [7, 11) is 0. The van der Waals surface area contributed by atoms with Crippen LogP contribution in [0, 0.1) is 5.41 Å². The minimum atomic E-state index is -4.43. The standard InChI is InChI=1S/C30H26F3N3O4/c31-30(32,33)24-13-11-21(12-14-24)20-7-9-22(10-8-20)26(19-28(37)38)35-29(39)23-4-3-5-25(18-23)40-17-16-36-15-2-1-6-27(36)34/h1-15,18,26,34H,16-17,19H2,(H,35,39)(H,37,38). The molecule has 0 saturated heterocycles. The predicted molar refractivity (Wildman–Crippen MR) is 142 cm³/mol. The zero-order chi connectivity index (χ0) is 28.7. The number of carbonyl (C=O) groups excluding carboxylic acids is 1. The average Bonchev–Trinajstić information content (AvgIpc) is 2.93. The van der Waals surface area contributed by atoms with Crippen molar-refractivity contribution in [3.05, 3.63) is 119 Å². The van der Waals surface area contributed by atoms with Gasteiger partial charge in [-0.2, -0.15) is 13.2 Å². The van der Waals surface area contributed by atoms with Gasteiger partial charge in [-0.05, 0) is 59.2 Å². The Morgan fingerprint density at radius 2 is 1.60 bits per heavy atom. The highest BCUT2D eigenvalue weighted by Crippen LogP contribution is 2.31. The molecule has 4 aromatic rings. The molecule has 206 valence electrons. The molecule has 0 fully saturated rings. The fourth-order valence-corrected chi connectivity index (χ4v) is 4.09. The van der Waals surface area contributed by atoms with Crippen molar-refractivity contribution in [2.75, 3.05) is 6.61 Å². The van der Waals surface area contributed by atoms with E-state index >= 15 is 0 Å². The van der Waals surface area contributed by atoms with Crippen molar-refractivity contribution >= 4 is 11.9 Å². The van der Waals surface area contributed by atoms with Gasteiger partial charge in [0.05, 0.1) is 24.6 Å². The second-order valence-electron chi connectivity index (χ2n) is 8.98. The van der Waals surface area contributed by atoms with E-state index in [1.807, 2.05) is 6.07 Å². The van der Waals surface area contributed by atoms with Gasteiger partial charge in [-0.3, -0.25) is 15.0 Å². The minimum absolute atomic E-state index is 0.276. The summed E-state index contributed by atoms with van der Waals surface area (Å²) in [5, 5.41) is 20.1. The molecule has 0 aliphatic heterocycles. The molecule has 0 spiro atoms. The molecule has 4 rings (SSSR count). The van der Waals surface area contributed by atoms with Gasteiger partial charge < -0.3 is 19.7 Å². The van der Waals surface area contributed by atoms with Crippen molar-refractivity contribution in [1.82, 2.24) is 9.88 Å². The number of carboxylic acids is 1. The van der Waals surface area contributed by atoms with Crippen LogP contribution in [0.5, 0.6) is 5.75 Å². The molecule has 1 atom stereocenters. The van der Waals surface area contributed by atoms with Gasteiger partial charge in [0.25, 0.3) is 5.91 Å². The Morgan fingerprint density at radius 1 is 0.925 bits per heavy atom. The number of rotatable bonds is 10. The first-order valence-corrected chi connectivity index (χ1v) is 12.3. The molecule has 3 aromatic carbocycles. The molecule has 3 N–H and O–H groups in total. The van der Waals surface area contributed by atoms with E-state index in [4.69, 9.17) is 10.1 Å². The number of amides is 1. The molecule has 1 unspecified atom stereocenters. The van der Waals surface area contributed by atoms with E-state index in [1.54, 1.807) is 71.4 Å². The summed E-state index contributed by atoms with van der Waals surface area (Å²) in [6.45, 7) is 0.720. The lowest BCUT2D eigenvalue weighted by atomic mass is 9.98. The van der Waals surface area contributed by atoms with E-state index in [0.717, 1.165) is 12.1 Å². The fourth-order valence-electron chi connectivity index (χ4n) is 4.09. The third kappa shape index (κ3) is 7.37. The van der Waals surface area contributed by atoms with E-state index in [-0.39, 0.29) is 18.6 Å². The smallest absolute Gasteiger partial charge is 0.416 e. The Bertz CT molecular complexity index is 1530. The van der Waals surface area contributed by atoms with Crippen LogP contribution in [0.4, 0.5) is 13.2 Å². The van der Waals surface area contributed by atoms with Crippen LogP contribution in [0.1, 0.15) is 33.9 Å². The first-order valence-electron chi connectivity index (χ1n) is 12.3. The number of ether oxygens (including phenoxy) is 1. The number of alkyl halides is 3. The second-order valence-corrected chi connectivity index (χ2v) is 8.98. The van der Waals surface area contributed by atoms with Crippen LogP contribution in [0.3, 0.4) is 0 Å². The Hall–Kier alpha value is -4.86. The highest BCUT2D eigenvalue weighted by atomic mass is 19.4. The maximum Gasteiger partial charge on any atom is 0.416 e. The number of hydrogen-bond donors (Lipinski definition) is 3. The van der Waals surface area contributed by atoms with Gasteiger partial charge in [0.2, 0.25) is 0 Å². The number of carboxylic acid groups (broad SMARTS) is 1. The van der Waals surface area contributed by atoms with Crippen molar-refractivity contribution in [1.29, 1.82) is 5.41 Å². The van der Waals surface area contributed by atoms with Gasteiger partial charge in [0, 0.05) is 11.8 Å². The molecule has 1 aromatic heterocycles. The van der Waals surface area contributed by atoms with E-state index < -0.39 is 29.7 Å². The summed E-state index contributed by atoms with van der Waals surface area (Å²) in [6.07, 6.45) is -3.02. The van der Waals surface area contributed by atoms with Crippen molar-refractivity contribution in [2.24, 2.45) is 0 Å². The Balaban J connectivity index is 1.43. The van der Waals surface area contributed by atoms with Crippen LogP contribution in [0.25, 0.3) is 11.1 Å². The third-order valence-electron chi connectivity index (χ3n) is 6.18. The van der Waals surface area contributed by atoms with Crippen molar-refractivity contribution in [3.8, 4) is 16.9 Å². The van der Waals surface area contributed by atoms with Crippen molar-refractivity contribution in [3.63, 3.8) is 0 Å². The highest BCUT2D eigenvalue weighted by molar-refractivity contribution is 5.95. The number of aliphatic carboxylic acids is 1. The third-order valence-corrected chi connectivity index (χ3v) is 6.18. The van der Waals surface area contributed by atoms with Crippen LogP contribution in [0.15, 0.2) is 97.2 Å². The molecular weight excluding hydrogens is 523 g/mol. The van der Waals surface area contributed by atoms with E-state index in [0.29, 0.717) is 34.5 Å². The number of pyridine rings is 1. The van der Waals surface area contributed by atoms with E-state index in [2.05, 4.69) is 5.32 Å². The molecule has 0 aliphatic carbocycles. The number of nitrogens with zero attached hydrogens (tertiary/aromatic N) is 1.